The first-order valence-electron chi connectivity index (χ1n) is 10.1. The molecule has 1 aliphatic heterocycles. The van der Waals surface area contributed by atoms with Gasteiger partial charge in [0.2, 0.25) is 0 Å². The summed E-state index contributed by atoms with van der Waals surface area (Å²) in [6.45, 7) is 8.80. The van der Waals surface area contributed by atoms with Gasteiger partial charge in [-0.15, -0.1) is 0 Å². The molecule has 0 spiro atoms. The van der Waals surface area contributed by atoms with Crippen LogP contribution in [0.15, 0.2) is 36.4 Å². The highest BCUT2D eigenvalue weighted by Gasteiger charge is 2.31. The Morgan fingerprint density at radius 3 is 2.48 bits per heavy atom. The molecule has 156 valence electrons. The van der Waals surface area contributed by atoms with Crippen molar-refractivity contribution in [3.63, 3.8) is 0 Å². The van der Waals surface area contributed by atoms with Crippen LogP contribution >= 0.6 is 0 Å². The van der Waals surface area contributed by atoms with E-state index in [1.165, 1.54) is 27.2 Å². The van der Waals surface area contributed by atoms with Gasteiger partial charge >= 0.3 is 6.09 Å². The van der Waals surface area contributed by atoms with Gasteiger partial charge in [-0.1, -0.05) is 29.8 Å². The number of hydrogen-bond acceptors (Lipinski definition) is 4. The molecule has 0 aromatic heterocycles. The van der Waals surface area contributed by atoms with Crippen LogP contribution in [-0.2, 0) is 19.5 Å². The van der Waals surface area contributed by atoms with E-state index in [9.17, 15) is 4.79 Å². The third kappa shape index (κ3) is 4.91. The smallest absolute Gasteiger partial charge is 0.414 e. The Morgan fingerprint density at radius 2 is 1.79 bits per heavy atom. The lowest BCUT2D eigenvalue weighted by Gasteiger charge is -2.35. The van der Waals surface area contributed by atoms with Crippen LogP contribution in [0, 0.1) is 6.92 Å². The first-order chi connectivity index (χ1) is 13.7. The largest absolute Gasteiger partial charge is 0.493 e. The Bertz CT molecular complexity index is 890. The van der Waals surface area contributed by atoms with Crippen molar-refractivity contribution in [1.29, 1.82) is 0 Å². The zero-order valence-electron chi connectivity index (χ0n) is 18.4. The first-order valence-corrected chi connectivity index (χ1v) is 10.1. The van der Waals surface area contributed by atoms with Crippen molar-refractivity contribution >= 4 is 6.09 Å². The number of aryl methyl sites for hydroxylation is 2. The van der Waals surface area contributed by atoms with Crippen LogP contribution in [0.4, 0.5) is 4.79 Å². The molecule has 1 heterocycles. The number of carbonyl (C=O) groups excluding carboxylic acids is 1. The fourth-order valence-electron chi connectivity index (χ4n) is 3.70. The van der Waals surface area contributed by atoms with Gasteiger partial charge in [0.15, 0.2) is 11.5 Å². The Kier molecular flexibility index (Phi) is 6.18. The molecule has 0 bridgehead atoms. The third-order valence-corrected chi connectivity index (χ3v) is 5.76. The second kappa shape index (κ2) is 8.46. The minimum atomic E-state index is -0.416. The van der Waals surface area contributed by atoms with E-state index in [0.29, 0.717) is 11.5 Å². The zero-order chi connectivity index (χ0) is 21.2. The van der Waals surface area contributed by atoms with Gasteiger partial charge in [-0.25, -0.2) is 4.79 Å². The van der Waals surface area contributed by atoms with E-state index in [-0.39, 0.29) is 5.54 Å². The van der Waals surface area contributed by atoms with E-state index in [1.54, 1.807) is 21.2 Å². The number of fused-ring (bicyclic) bond motifs is 1. The predicted molar refractivity (Wildman–Crippen MR) is 116 cm³/mol. The summed E-state index contributed by atoms with van der Waals surface area (Å²) in [6, 6.07) is 12.6. The highest BCUT2D eigenvalue weighted by molar-refractivity contribution is 5.71. The molecule has 0 fully saturated rings. The fraction of sp³-hybridized carbons (Fsp3) is 0.458. The molecule has 29 heavy (non-hydrogen) atoms. The lowest BCUT2D eigenvalue weighted by atomic mass is 9.93. The molecular weight excluding hydrogens is 364 g/mol. The Balaban J connectivity index is 1.65. The summed E-state index contributed by atoms with van der Waals surface area (Å²) in [5, 5.41) is 0. The molecule has 0 unspecified atom stereocenters. The van der Waals surface area contributed by atoms with Crippen LogP contribution in [-0.4, -0.2) is 42.6 Å². The molecule has 5 nitrogen and oxygen atoms in total. The summed E-state index contributed by atoms with van der Waals surface area (Å²) in [7, 11) is 4.91. The SMILES string of the molecule is COc1cc(CCC(C)(C)N2Cc3ccc(C)cc3C2)ccc1OC(=O)N(C)C. The lowest BCUT2D eigenvalue weighted by molar-refractivity contribution is 0.109. The molecule has 0 saturated carbocycles. The third-order valence-electron chi connectivity index (χ3n) is 5.76. The fourth-order valence-corrected chi connectivity index (χ4v) is 3.70. The average Bonchev–Trinajstić information content (AvgIpc) is 3.11. The maximum atomic E-state index is 11.8. The van der Waals surface area contributed by atoms with E-state index < -0.39 is 6.09 Å². The molecular formula is C24H32N2O3. The summed E-state index contributed by atoms with van der Waals surface area (Å²) in [5.41, 5.74) is 5.47. The van der Waals surface area contributed by atoms with Crippen LogP contribution in [0.1, 0.15) is 42.5 Å². The zero-order valence-corrected chi connectivity index (χ0v) is 18.4. The molecule has 0 radical (unpaired) electrons. The predicted octanol–water partition coefficient (Wildman–Crippen LogP) is 4.79. The van der Waals surface area contributed by atoms with Gasteiger partial charge in [-0.3, -0.25) is 4.90 Å². The molecule has 0 aliphatic carbocycles. The van der Waals surface area contributed by atoms with Crippen LogP contribution in [0.2, 0.25) is 0 Å². The number of rotatable bonds is 6. The van der Waals surface area contributed by atoms with E-state index >= 15 is 0 Å². The normalized spacial score (nSPS) is 13.9. The van der Waals surface area contributed by atoms with E-state index in [0.717, 1.165) is 25.9 Å². The Labute approximate surface area is 174 Å². The van der Waals surface area contributed by atoms with Crippen LogP contribution in [0.25, 0.3) is 0 Å². The van der Waals surface area contributed by atoms with Gasteiger partial charge in [-0.2, -0.15) is 0 Å². The van der Waals surface area contributed by atoms with Crippen molar-refractivity contribution in [3.05, 3.63) is 58.7 Å². The van der Waals surface area contributed by atoms with Crippen molar-refractivity contribution in [3.8, 4) is 11.5 Å². The van der Waals surface area contributed by atoms with Crippen molar-refractivity contribution in [1.82, 2.24) is 9.80 Å². The van der Waals surface area contributed by atoms with Gasteiger partial charge in [-0.05, 0) is 62.4 Å². The number of methoxy groups -OCH3 is 1. The van der Waals surface area contributed by atoms with Crippen LogP contribution in [0.3, 0.4) is 0 Å². The molecule has 0 saturated heterocycles. The second-order valence-electron chi connectivity index (χ2n) is 8.69. The minimum absolute atomic E-state index is 0.0796. The summed E-state index contributed by atoms with van der Waals surface area (Å²) >= 11 is 0. The number of benzene rings is 2. The number of amides is 1. The maximum Gasteiger partial charge on any atom is 0.414 e. The molecule has 3 rings (SSSR count). The molecule has 2 aromatic rings. The number of carbonyl (C=O) groups is 1. The van der Waals surface area contributed by atoms with Crippen molar-refractivity contribution in [2.24, 2.45) is 0 Å². The molecule has 1 amide bonds. The first kappa shape index (κ1) is 21.2. The summed E-state index contributed by atoms with van der Waals surface area (Å²) in [4.78, 5) is 15.8. The van der Waals surface area contributed by atoms with E-state index in [4.69, 9.17) is 9.47 Å². The van der Waals surface area contributed by atoms with Crippen molar-refractivity contribution in [2.75, 3.05) is 21.2 Å². The number of nitrogens with zero attached hydrogens (tertiary/aromatic N) is 2. The Morgan fingerprint density at radius 1 is 1.07 bits per heavy atom. The summed E-state index contributed by atoms with van der Waals surface area (Å²) in [6.07, 6.45) is 1.54. The molecule has 1 aliphatic rings. The van der Waals surface area contributed by atoms with E-state index in [2.05, 4.69) is 43.9 Å². The van der Waals surface area contributed by atoms with Gasteiger partial charge in [0.1, 0.15) is 0 Å². The molecule has 0 N–H and O–H groups in total. The second-order valence-corrected chi connectivity index (χ2v) is 8.69. The lowest BCUT2D eigenvalue weighted by Crippen LogP contribution is -2.40. The van der Waals surface area contributed by atoms with Crippen LogP contribution < -0.4 is 9.47 Å². The summed E-state index contributed by atoms with van der Waals surface area (Å²) < 4.78 is 10.8. The highest BCUT2D eigenvalue weighted by atomic mass is 16.6. The highest BCUT2D eigenvalue weighted by Crippen LogP contribution is 2.34. The van der Waals surface area contributed by atoms with Gasteiger partial charge < -0.3 is 14.4 Å². The van der Waals surface area contributed by atoms with Gasteiger partial charge in [0, 0.05) is 32.7 Å². The van der Waals surface area contributed by atoms with Crippen molar-refractivity contribution in [2.45, 2.75) is 52.2 Å². The standard InChI is InChI=1S/C24H32N2O3/c1-17-7-9-19-15-26(16-20(19)13-17)24(2,3)12-11-18-8-10-21(22(14-18)28-6)29-23(27)25(4)5/h7-10,13-14H,11-12,15-16H2,1-6H3. The van der Waals surface area contributed by atoms with Crippen molar-refractivity contribution < 1.29 is 14.3 Å². The molecule has 5 heteroatoms. The van der Waals surface area contributed by atoms with Crippen LogP contribution in [0.5, 0.6) is 11.5 Å². The number of hydrogen-bond donors (Lipinski definition) is 0. The quantitative estimate of drug-likeness (QED) is 0.704. The maximum absolute atomic E-state index is 11.8. The Hall–Kier alpha value is -2.53. The average molecular weight is 397 g/mol. The monoisotopic (exact) mass is 396 g/mol. The topological polar surface area (TPSA) is 42.0 Å². The van der Waals surface area contributed by atoms with Gasteiger partial charge in [0.05, 0.1) is 7.11 Å². The summed E-state index contributed by atoms with van der Waals surface area (Å²) in [5.74, 6) is 1.03. The van der Waals surface area contributed by atoms with Gasteiger partial charge in [0.25, 0.3) is 0 Å². The molecule has 2 aromatic carbocycles. The number of ether oxygens (including phenoxy) is 2. The van der Waals surface area contributed by atoms with E-state index in [1.807, 2.05) is 18.2 Å². The molecule has 0 atom stereocenters. The minimum Gasteiger partial charge on any atom is -0.493 e.